The van der Waals surface area contributed by atoms with Gasteiger partial charge >= 0.3 is 17.7 Å². The number of hydrogen-bond acceptors (Lipinski definition) is 11. The number of carboxylic acids is 1. The van der Waals surface area contributed by atoms with Crippen molar-refractivity contribution < 1.29 is 53.9 Å². The minimum absolute atomic E-state index is 0.0706. The van der Waals surface area contributed by atoms with E-state index in [9.17, 15) is 44.9 Å². The number of benzene rings is 1. The highest BCUT2D eigenvalue weighted by Crippen LogP contribution is 2.35. The summed E-state index contributed by atoms with van der Waals surface area (Å²) in [6.45, 7) is 2.19. The van der Waals surface area contributed by atoms with Crippen molar-refractivity contribution in [2.24, 2.45) is 0 Å². The number of amides is 1. The van der Waals surface area contributed by atoms with Gasteiger partial charge in [0, 0.05) is 25.5 Å². The predicted octanol–water partition coefficient (Wildman–Crippen LogP) is -0.526. The normalized spacial score (nSPS) is 25.7. The van der Waals surface area contributed by atoms with Crippen molar-refractivity contribution in [1.29, 1.82) is 0 Å². The predicted molar refractivity (Wildman–Crippen MR) is 115 cm³/mol. The number of non-ortho nitro benzene ring substituents is 1. The van der Waals surface area contributed by atoms with Crippen LogP contribution in [0.15, 0.2) is 24.3 Å². The van der Waals surface area contributed by atoms with Gasteiger partial charge in [0.05, 0.1) is 23.5 Å². The summed E-state index contributed by atoms with van der Waals surface area (Å²) in [5.74, 6) is -5.75. The van der Waals surface area contributed by atoms with Crippen LogP contribution in [0.4, 0.5) is 5.69 Å². The molecule has 0 bridgehead atoms. The standard InChI is InChI=1S/C21H28N2O12/c1-3-4-16(27)33-10-15(26)18(28)19-17(22-11(2)24)14(25)9-21(35-19,20(29)30)34-13-7-5-12(6-8-13)23(31)32/h5-8,14-15,17-19,25-26,28H,3-4,9-10H2,1-2H3,(H,22,24)(H,29,30)/t14-,15+,17+,18+,19+,21+/m0/s1. The summed E-state index contributed by atoms with van der Waals surface area (Å²) in [7, 11) is 0. The molecule has 0 saturated carbocycles. The summed E-state index contributed by atoms with van der Waals surface area (Å²) in [5.41, 5.74) is -0.286. The summed E-state index contributed by atoms with van der Waals surface area (Å²) < 4.78 is 15.9. The minimum atomic E-state index is -2.60. The fourth-order valence-electron chi connectivity index (χ4n) is 3.50. The van der Waals surface area contributed by atoms with Crippen molar-refractivity contribution in [3.8, 4) is 5.75 Å². The van der Waals surface area contributed by atoms with E-state index in [4.69, 9.17) is 14.2 Å². The molecule has 1 saturated heterocycles. The molecule has 5 N–H and O–H groups in total. The molecular weight excluding hydrogens is 472 g/mol. The molecule has 14 nitrogen and oxygen atoms in total. The van der Waals surface area contributed by atoms with Gasteiger partial charge < -0.3 is 40.0 Å². The van der Waals surface area contributed by atoms with Gasteiger partial charge in [-0.1, -0.05) is 6.92 Å². The molecule has 1 heterocycles. The van der Waals surface area contributed by atoms with E-state index in [0.29, 0.717) is 6.42 Å². The third-order valence-electron chi connectivity index (χ3n) is 5.20. The number of esters is 1. The van der Waals surface area contributed by atoms with E-state index >= 15 is 0 Å². The van der Waals surface area contributed by atoms with Crippen LogP contribution < -0.4 is 10.1 Å². The second-order valence-corrected chi connectivity index (χ2v) is 7.98. The van der Waals surface area contributed by atoms with Crippen molar-refractivity contribution in [3.05, 3.63) is 34.4 Å². The maximum atomic E-state index is 12.2. The number of hydrogen-bond donors (Lipinski definition) is 5. The van der Waals surface area contributed by atoms with Gasteiger partial charge in [-0.2, -0.15) is 0 Å². The number of carbonyl (C=O) groups is 3. The molecule has 1 aromatic carbocycles. The van der Waals surface area contributed by atoms with Gasteiger partial charge in [-0.3, -0.25) is 19.7 Å². The molecule has 14 heteroatoms. The Balaban J connectivity index is 2.33. The van der Waals surface area contributed by atoms with E-state index in [1.807, 2.05) is 0 Å². The first-order valence-electron chi connectivity index (χ1n) is 10.7. The number of aliphatic hydroxyl groups is 3. The Labute approximate surface area is 199 Å². The first kappa shape index (κ1) is 27.9. The molecule has 1 aliphatic heterocycles. The van der Waals surface area contributed by atoms with Crippen LogP contribution in [-0.2, 0) is 23.9 Å². The van der Waals surface area contributed by atoms with E-state index in [1.165, 1.54) is 0 Å². The molecule has 0 radical (unpaired) electrons. The molecule has 2 rings (SSSR count). The molecule has 0 aromatic heterocycles. The maximum Gasteiger partial charge on any atom is 0.377 e. The van der Waals surface area contributed by atoms with Crippen molar-refractivity contribution in [1.82, 2.24) is 5.32 Å². The largest absolute Gasteiger partial charge is 0.476 e. The highest BCUT2D eigenvalue weighted by molar-refractivity contribution is 5.77. The van der Waals surface area contributed by atoms with Crippen LogP contribution in [0.2, 0.25) is 0 Å². The smallest absolute Gasteiger partial charge is 0.377 e. The van der Waals surface area contributed by atoms with E-state index < -0.39 is 72.0 Å². The number of aliphatic hydroxyl groups excluding tert-OH is 3. The quantitative estimate of drug-likeness (QED) is 0.147. The van der Waals surface area contributed by atoms with Gasteiger partial charge in [-0.05, 0) is 18.6 Å². The third kappa shape index (κ3) is 7.08. The van der Waals surface area contributed by atoms with Crippen LogP contribution in [0.5, 0.6) is 5.75 Å². The number of nitrogens with one attached hydrogen (secondary N) is 1. The van der Waals surface area contributed by atoms with Crippen LogP contribution >= 0.6 is 0 Å². The first-order valence-corrected chi connectivity index (χ1v) is 10.7. The number of nitrogens with zero attached hydrogens (tertiary/aromatic N) is 1. The van der Waals surface area contributed by atoms with Crippen molar-refractivity contribution >= 4 is 23.5 Å². The number of ether oxygens (including phenoxy) is 3. The van der Waals surface area contributed by atoms with Gasteiger partial charge in [0.1, 0.15) is 30.7 Å². The Hall–Kier alpha value is -3.33. The van der Waals surface area contributed by atoms with Crippen molar-refractivity contribution in [3.63, 3.8) is 0 Å². The molecule has 35 heavy (non-hydrogen) atoms. The van der Waals surface area contributed by atoms with Crippen LogP contribution in [-0.4, -0.2) is 86.0 Å². The lowest BCUT2D eigenvalue weighted by Gasteiger charge is -2.46. The van der Waals surface area contributed by atoms with Gasteiger partial charge in [-0.15, -0.1) is 0 Å². The number of nitro groups is 1. The fourth-order valence-corrected chi connectivity index (χ4v) is 3.50. The Morgan fingerprint density at radius 1 is 1.29 bits per heavy atom. The Bertz CT molecular complexity index is 923. The average molecular weight is 500 g/mol. The molecule has 0 aliphatic carbocycles. The average Bonchev–Trinajstić information content (AvgIpc) is 2.78. The molecule has 0 unspecified atom stereocenters. The molecule has 1 aliphatic rings. The maximum absolute atomic E-state index is 12.2. The van der Waals surface area contributed by atoms with E-state index in [-0.39, 0.29) is 17.9 Å². The van der Waals surface area contributed by atoms with E-state index in [1.54, 1.807) is 6.92 Å². The number of nitro benzene ring substituents is 1. The number of rotatable bonds is 11. The minimum Gasteiger partial charge on any atom is -0.476 e. The summed E-state index contributed by atoms with van der Waals surface area (Å²) in [5, 5.41) is 54.8. The van der Waals surface area contributed by atoms with Crippen molar-refractivity contribution in [2.75, 3.05) is 6.61 Å². The van der Waals surface area contributed by atoms with Crippen molar-refractivity contribution in [2.45, 2.75) is 69.4 Å². The lowest BCUT2D eigenvalue weighted by molar-refractivity contribution is -0.384. The van der Waals surface area contributed by atoms with Gasteiger partial charge in [0.25, 0.3) is 5.69 Å². The highest BCUT2D eigenvalue weighted by atomic mass is 16.7. The zero-order valence-corrected chi connectivity index (χ0v) is 19.0. The Morgan fingerprint density at radius 3 is 2.43 bits per heavy atom. The lowest BCUT2D eigenvalue weighted by atomic mass is 9.88. The zero-order chi connectivity index (χ0) is 26.3. The number of carboxylic acid groups (broad SMARTS) is 1. The van der Waals surface area contributed by atoms with Crippen LogP contribution in [0.25, 0.3) is 0 Å². The SMILES string of the molecule is CCCC(=O)OC[C@@H](O)[C@@H](O)[C@@H]1O[C@@](Oc2ccc([N+](=O)[O-])cc2)(C(=O)O)C[C@H](O)[C@H]1NC(C)=O. The second kappa shape index (κ2) is 11.9. The Morgan fingerprint density at radius 2 is 1.91 bits per heavy atom. The van der Waals surface area contributed by atoms with Gasteiger partial charge in [0.2, 0.25) is 5.91 Å². The number of aliphatic carboxylic acids is 1. The fraction of sp³-hybridized carbons (Fsp3) is 0.571. The van der Waals surface area contributed by atoms with E-state index in [0.717, 1.165) is 31.2 Å². The molecule has 1 aromatic rings. The van der Waals surface area contributed by atoms with Gasteiger partial charge in [-0.25, -0.2) is 4.79 Å². The second-order valence-electron chi connectivity index (χ2n) is 7.98. The first-order chi connectivity index (χ1) is 16.4. The summed E-state index contributed by atoms with van der Waals surface area (Å²) >= 11 is 0. The molecule has 0 spiro atoms. The summed E-state index contributed by atoms with van der Waals surface area (Å²) in [6.07, 6.45) is -7.21. The lowest BCUT2D eigenvalue weighted by Crippen LogP contribution is -2.68. The van der Waals surface area contributed by atoms with Gasteiger partial charge in [0.15, 0.2) is 0 Å². The molecule has 6 atom stereocenters. The highest BCUT2D eigenvalue weighted by Gasteiger charge is 2.56. The topological polar surface area (TPSA) is 215 Å². The molecule has 194 valence electrons. The number of carbonyl (C=O) groups excluding carboxylic acids is 2. The summed E-state index contributed by atoms with van der Waals surface area (Å²) in [6, 6.07) is 2.99. The van der Waals surface area contributed by atoms with Crippen LogP contribution in [0.3, 0.4) is 0 Å². The third-order valence-corrected chi connectivity index (χ3v) is 5.20. The monoisotopic (exact) mass is 500 g/mol. The molecule has 1 amide bonds. The Kier molecular flexibility index (Phi) is 9.47. The molecular formula is C21H28N2O12. The molecule has 1 fully saturated rings. The zero-order valence-electron chi connectivity index (χ0n) is 19.0. The van der Waals surface area contributed by atoms with Crippen LogP contribution in [0.1, 0.15) is 33.1 Å². The van der Waals surface area contributed by atoms with E-state index in [2.05, 4.69) is 5.32 Å². The summed E-state index contributed by atoms with van der Waals surface area (Å²) in [4.78, 5) is 45.6. The van der Waals surface area contributed by atoms with Crippen LogP contribution in [0, 0.1) is 10.1 Å².